The second kappa shape index (κ2) is 9.90. The molecule has 0 aromatic heterocycles. The second-order valence-corrected chi connectivity index (χ2v) is 6.76. The molecule has 6 heteroatoms. The lowest BCUT2D eigenvalue weighted by Gasteiger charge is -2.18. The maximum atomic E-state index is 12.2. The SMILES string of the molecule is CC(C)c1ccc(CN(C)C(=O)NCCc2ccc(OC(F)F)cc2)cc1. The average Bonchev–Trinajstić information content (AvgIpc) is 2.63. The Bertz CT molecular complexity index is 716. The van der Waals surface area contributed by atoms with Gasteiger partial charge in [0.15, 0.2) is 0 Å². The Hall–Kier alpha value is -2.63. The summed E-state index contributed by atoms with van der Waals surface area (Å²) in [6.45, 7) is 2.46. The summed E-state index contributed by atoms with van der Waals surface area (Å²) >= 11 is 0. The van der Waals surface area contributed by atoms with Crippen molar-refractivity contribution in [3.8, 4) is 5.75 Å². The summed E-state index contributed by atoms with van der Waals surface area (Å²) in [4.78, 5) is 13.8. The zero-order valence-corrected chi connectivity index (χ0v) is 15.9. The number of carbonyl (C=O) groups excluding carboxylic acids is 1. The molecule has 4 nitrogen and oxygen atoms in total. The first kappa shape index (κ1) is 20.7. The Labute approximate surface area is 159 Å². The summed E-state index contributed by atoms with van der Waals surface area (Å²) in [5.41, 5.74) is 3.28. The van der Waals surface area contributed by atoms with E-state index in [0.717, 1.165) is 11.1 Å². The minimum atomic E-state index is -2.83. The number of alkyl halides is 2. The van der Waals surface area contributed by atoms with Crippen molar-refractivity contribution in [1.29, 1.82) is 0 Å². The molecular formula is C21H26F2N2O2. The minimum Gasteiger partial charge on any atom is -0.435 e. The lowest BCUT2D eigenvalue weighted by atomic mass is 10.0. The lowest BCUT2D eigenvalue weighted by Crippen LogP contribution is -2.37. The van der Waals surface area contributed by atoms with E-state index < -0.39 is 6.61 Å². The van der Waals surface area contributed by atoms with Crippen LogP contribution < -0.4 is 10.1 Å². The quantitative estimate of drug-likeness (QED) is 0.719. The third kappa shape index (κ3) is 6.89. The molecule has 0 bridgehead atoms. The number of nitrogens with one attached hydrogen (secondary N) is 1. The molecule has 0 fully saturated rings. The molecule has 0 atom stereocenters. The Morgan fingerprint density at radius 1 is 1.04 bits per heavy atom. The maximum Gasteiger partial charge on any atom is 0.387 e. The highest BCUT2D eigenvalue weighted by atomic mass is 19.3. The fourth-order valence-corrected chi connectivity index (χ4v) is 2.64. The molecule has 0 aliphatic heterocycles. The van der Waals surface area contributed by atoms with Gasteiger partial charge in [-0.15, -0.1) is 0 Å². The van der Waals surface area contributed by atoms with Crippen LogP contribution in [-0.2, 0) is 13.0 Å². The lowest BCUT2D eigenvalue weighted by molar-refractivity contribution is -0.0498. The van der Waals surface area contributed by atoms with E-state index >= 15 is 0 Å². The van der Waals surface area contributed by atoms with Crippen molar-refractivity contribution in [1.82, 2.24) is 10.2 Å². The van der Waals surface area contributed by atoms with Crippen molar-refractivity contribution >= 4 is 6.03 Å². The van der Waals surface area contributed by atoms with Gasteiger partial charge in [-0.25, -0.2) is 4.79 Å². The fraction of sp³-hybridized carbons (Fsp3) is 0.381. The van der Waals surface area contributed by atoms with Gasteiger partial charge in [-0.3, -0.25) is 0 Å². The Balaban J connectivity index is 1.76. The Kier molecular flexibility index (Phi) is 7.58. The molecule has 2 aromatic rings. The van der Waals surface area contributed by atoms with Gasteiger partial charge in [0.25, 0.3) is 0 Å². The second-order valence-electron chi connectivity index (χ2n) is 6.76. The normalized spacial score (nSPS) is 10.9. The van der Waals surface area contributed by atoms with E-state index in [1.54, 1.807) is 24.1 Å². The van der Waals surface area contributed by atoms with E-state index in [2.05, 4.69) is 36.0 Å². The molecule has 146 valence electrons. The molecule has 0 aliphatic rings. The van der Waals surface area contributed by atoms with Crippen molar-refractivity contribution in [2.75, 3.05) is 13.6 Å². The molecule has 1 N–H and O–H groups in total. The molecule has 2 rings (SSSR count). The van der Waals surface area contributed by atoms with Crippen LogP contribution in [0.25, 0.3) is 0 Å². The maximum absolute atomic E-state index is 12.2. The first-order valence-corrected chi connectivity index (χ1v) is 8.96. The monoisotopic (exact) mass is 376 g/mol. The van der Waals surface area contributed by atoms with Crippen LogP contribution in [0, 0.1) is 0 Å². The minimum absolute atomic E-state index is 0.126. The number of urea groups is 1. The Morgan fingerprint density at radius 3 is 2.19 bits per heavy atom. The summed E-state index contributed by atoms with van der Waals surface area (Å²) in [5.74, 6) is 0.608. The van der Waals surface area contributed by atoms with Gasteiger partial charge in [0.2, 0.25) is 0 Å². The highest BCUT2D eigenvalue weighted by Gasteiger charge is 2.09. The van der Waals surface area contributed by atoms with Crippen molar-refractivity contribution in [2.24, 2.45) is 0 Å². The van der Waals surface area contributed by atoms with Crippen molar-refractivity contribution < 1.29 is 18.3 Å². The van der Waals surface area contributed by atoms with Gasteiger partial charge in [-0.1, -0.05) is 50.2 Å². The van der Waals surface area contributed by atoms with E-state index in [0.29, 0.717) is 25.4 Å². The van der Waals surface area contributed by atoms with Crippen molar-refractivity contribution in [2.45, 2.75) is 39.3 Å². The predicted octanol–water partition coefficient (Wildman–Crippen LogP) is 4.80. The van der Waals surface area contributed by atoms with Crippen LogP contribution in [0.15, 0.2) is 48.5 Å². The van der Waals surface area contributed by atoms with Gasteiger partial charge in [-0.2, -0.15) is 8.78 Å². The van der Waals surface area contributed by atoms with Crippen LogP contribution in [0.1, 0.15) is 36.5 Å². The topological polar surface area (TPSA) is 41.6 Å². The Morgan fingerprint density at radius 2 is 1.63 bits per heavy atom. The predicted molar refractivity (Wildman–Crippen MR) is 102 cm³/mol. The highest BCUT2D eigenvalue weighted by molar-refractivity contribution is 5.73. The molecular weight excluding hydrogens is 350 g/mol. The van der Waals surface area contributed by atoms with Crippen molar-refractivity contribution in [3.05, 3.63) is 65.2 Å². The number of nitrogens with zero attached hydrogens (tertiary/aromatic N) is 1. The first-order chi connectivity index (χ1) is 12.8. The number of halogens is 2. The molecule has 0 unspecified atom stereocenters. The number of carbonyl (C=O) groups is 1. The van der Waals surface area contributed by atoms with E-state index in [9.17, 15) is 13.6 Å². The van der Waals surface area contributed by atoms with Crippen molar-refractivity contribution in [3.63, 3.8) is 0 Å². The number of ether oxygens (including phenoxy) is 1. The molecule has 27 heavy (non-hydrogen) atoms. The summed E-state index contributed by atoms with van der Waals surface area (Å²) in [7, 11) is 1.75. The van der Waals surface area contributed by atoms with Gasteiger partial charge >= 0.3 is 12.6 Å². The third-order valence-electron chi connectivity index (χ3n) is 4.25. The molecule has 0 aliphatic carbocycles. The van der Waals surface area contributed by atoms with E-state index in [1.807, 2.05) is 12.1 Å². The number of benzene rings is 2. The number of rotatable bonds is 8. The molecule has 0 saturated heterocycles. The largest absolute Gasteiger partial charge is 0.435 e. The highest BCUT2D eigenvalue weighted by Crippen LogP contribution is 2.16. The van der Waals surface area contributed by atoms with E-state index in [-0.39, 0.29) is 11.8 Å². The van der Waals surface area contributed by atoms with Gasteiger partial charge in [0.05, 0.1) is 0 Å². The smallest absolute Gasteiger partial charge is 0.387 e. The molecule has 0 heterocycles. The number of hydrogen-bond acceptors (Lipinski definition) is 2. The molecule has 0 saturated carbocycles. The first-order valence-electron chi connectivity index (χ1n) is 8.96. The van der Waals surface area contributed by atoms with Gasteiger partial charge in [-0.05, 0) is 41.2 Å². The number of amides is 2. The van der Waals surface area contributed by atoms with E-state index in [4.69, 9.17) is 0 Å². The molecule has 0 spiro atoms. The summed E-state index contributed by atoms with van der Waals surface area (Å²) in [5, 5.41) is 2.86. The zero-order valence-electron chi connectivity index (χ0n) is 15.9. The molecule has 2 aromatic carbocycles. The fourth-order valence-electron chi connectivity index (χ4n) is 2.64. The molecule has 0 radical (unpaired) electrons. The third-order valence-corrected chi connectivity index (χ3v) is 4.25. The van der Waals surface area contributed by atoms with Gasteiger partial charge < -0.3 is 15.0 Å². The number of hydrogen-bond donors (Lipinski definition) is 1. The van der Waals surface area contributed by atoms with Crippen LogP contribution in [0.3, 0.4) is 0 Å². The van der Waals surface area contributed by atoms with Crippen LogP contribution in [0.5, 0.6) is 5.75 Å². The van der Waals surface area contributed by atoms with Crippen LogP contribution in [0.4, 0.5) is 13.6 Å². The van der Waals surface area contributed by atoms with Crippen LogP contribution in [0.2, 0.25) is 0 Å². The van der Waals surface area contributed by atoms with E-state index in [1.165, 1.54) is 17.7 Å². The average molecular weight is 376 g/mol. The standard InChI is InChI=1S/C21H26F2N2O2/c1-15(2)18-8-4-17(5-9-18)14-25(3)21(26)24-13-12-16-6-10-19(11-7-16)27-20(22)23/h4-11,15,20H,12-14H2,1-3H3,(H,24,26). The van der Waals surface area contributed by atoms with Crippen LogP contribution >= 0.6 is 0 Å². The summed E-state index contributed by atoms with van der Waals surface area (Å²) in [6, 6.07) is 14.5. The summed E-state index contributed by atoms with van der Waals surface area (Å²) < 4.78 is 28.6. The van der Waals surface area contributed by atoms with Gasteiger partial charge in [0, 0.05) is 20.1 Å². The molecule has 2 amide bonds. The van der Waals surface area contributed by atoms with Gasteiger partial charge in [0.1, 0.15) is 5.75 Å². The zero-order chi connectivity index (χ0) is 19.8. The van der Waals surface area contributed by atoms with Crippen LogP contribution in [-0.4, -0.2) is 31.1 Å². The summed E-state index contributed by atoms with van der Waals surface area (Å²) in [6.07, 6.45) is 0.609.